The summed E-state index contributed by atoms with van der Waals surface area (Å²) in [6.45, 7) is 7.94. The molecule has 2 N–H and O–H groups in total. The van der Waals surface area contributed by atoms with E-state index in [1.807, 2.05) is 19.9 Å². The van der Waals surface area contributed by atoms with Crippen molar-refractivity contribution in [3.63, 3.8) is 0 Å². The van der Waals surface area contributed by atoms with Gasteiger partial charge in [-0.3, -0.25) is 0 Å². The van der Waals surface area contributed by atoms with Crippen molar-refractivity contribution < 1.29 is 5.11 Å². The molecule has 0 atom stereocenters. The van der Waals surface area contributed by atoms with Crippen molar-refractivity contribution in [3.05, 3.63) is 22.8 Å². The van der Waals surface area contributed by atoms with Crippen molar-refractivity contribution in [2.24, 2.45) is 0 Å². The van der Waals surface area contributed by atoms with Crippen LogP contribution in [0.1, 0.15) is 19.4 Å². The second-order valence-corrected chi connectivity index (χ2v) is 4.27. The third-order valence-electron chi connectivity index (χ3n) is 2.70. The number of pyridine rings is 1. The zero-order valence-electron chi connectivity index (χ0n) is 11.1. The van der Waals surface area contributed by atoms with Crippen LogP contribution in [0.5, 0.6) is 0 Å². The van der Waals surface area contributed by atoms with Crippen LogP contribution < -0.4 is 10.2 Å². The lowest BCUT2D eigenvalue weighted by Gasteiger charge is -2.29. The molecule has 0 aliphatic carbocycles. The number of hydrogen-bond acceptors (Lipinski definition) is 4. The fourth-order valence-electron chi connectivity index (χ4n) is 1.85. The first-order valence-electron chi connectivity index (χ1n) is 6.52. The molecular formula is C13H22ClN3O. The third-order valence-corrected chi connectivity index (χ3v) is 2.97. The van der Waals surface area contributed by atoms with Gasteiger partial charge in [0.05, 0.1) is 5.02 Å². The molecule has 1 aliphatic rings. The van der Waals surface area contributed by atoms with Gasteiger partial charge in [0, 0.05) is 39.0 Å². The number of halogens is 1. The number of aliphatic hydroxyl groups excluding tert-OH is 1. The quantitative estimate of drug-likeness (QED) is 0.879. The molecular weight excluding hydrogens is 250 g/mol. The summed E-state index contributed by atoms with van der Waals surface area (Å²) < 4.78 is 0. The summed E-state index contributed by atoms with van der Waals surface area (Å²) in [7, 11) is 0. The first kappa shape index (κ1) is 15.2. The maximum Gasteiger partial charge on any atom is 0.147 e. The zero-order valence-corrected chi connectivity index (χ0v) is 11.9. The van der Waals surface area contributed by atoms with Gasteiger partial charge in [-0.15, -0.1) is 0 Å². The highest BCUT2D eigenvalue weighted by Crippen LogP contribution is 2.24. The average molecular weight is 272 g/mol. The molecule has 5 heteroatoms. The number of hydrogen-bond donors (Lipinski definition) is 2. The fraction of sp³-hybridized carbons (Fsp3) is 0.615. The summed E-state index contributed by atoms with van der Waals surface area (Å²) in [5.41, 5.74) is 0.978. The molecule has 0 saturated carbocycles. The molecule has 2 heterocycles. The van der Waals surface area contributed by atoms with Crippen LogP contribution in [-0.2, 0) is 6.42 Å². The highest BCUT2D eigenvalue weighted by molar-refractivity contribution is 6.33. The van der Waals surface area contributed by atoms with E-state index in [4.69, 9.17) is 16.7 Å². The van der Waals surface area contributed by atoms with E-state index in [2.05, 4.69) is 15.2 Å². The van der Waals surface area contributed by atoms with Crippen LogP contribution in [0.25, 0.3) is 0 Å². The summed E-state index contributed by atoms with van der Waals surface area (Å²) in [6.07, 6.45) is 2.40. The second kappa shape index (κ2) is 8.29. The van der Waals surface area contributed by atoms with E-state index in [1.54, 1.807) is 6.20 Å². The molecule has 102 valence electrons. The lowest BCUT2D eigenvalue weighted by molar-refractivity contribution is 0.299. The van der Waals surface area contributed by atoms with Crippen LogP contribution in [0.4, 0.5) is 5.82 Å². The first-order valence-corrected chi connectivity index (χ1v) is 6.90. The molecule has 0 amide bonds. The Bertz CT molecular complexity index is 354. The molecule has 1 aliphatic heterocycles. The zero-order chi connectivity index (χ0) is 13.4. The van der Waals surface area contributed by atoms with E-state index < -0.39 is 0 Å². The molecule has 1 aromatic rings. The van der Waals surface area contributed by atoms with Crippen LogP contribution in [0.2, 0.25) is 5.02 Å². The Morgan fingerprint density at radius 3 is 2.61 bits per heavy atom. The van der Waals surface area contributed by atoms with Gasteiger partial charge in [0.1, 0.15) is 5.82 Å². The second-order valence-electron chi connectivity index (χ2n) is 3.86. The van der Waals surface area contributed by atoms with Crippen LogP contribution in [-0.4, -0.2) is 42.9 Å². The maximum atomic E-state index is 8.84. The minimum atomic E-state index is 0.130. The van der Waals surface area contributed by atoms with Crippen molar-refractivity contribution >= 4 is 17.4 Å². The van der Waals surface area contributed by atoms with Crippen molar-refractivity contribution in [3.8, 4) is 0 Å². The molecule has 1 saturated heterocycles. The van der Waals surface area contributed by atoms with Crippen molar-refractivity contribution in [1.82, 2.24) is 10.3 Å². The predicted octanol–water partition coefficient (Wildman–Crippen LogP) is 1.71. The van der Waals surface area contributed by atoms with Crippen LogP contribution in [0.15, 0.2) is 12.3 Å². The molecule has 1 fully saturated rings. The smallest absolute Gasteiger partial charge is 0.147 e. The van der Waals surface area contributed by atoms with Gasteiger partial charge in [0.2, 0.25) is 0 Å². The molecule has 0 aromatic carbocycles. The van der Waals surface area contributed by atoms with E-state index in [1.165, 1.54) is 0 Å². The largest absolute Gasteiger partial charge is 0.396 e. The van der Waals surface area contributed by atoms with E-state index in [9.17, 15) is 0 Å². The van der Waals surface area contributed by atoms with E-state index >= 15 is 0 Å². The molecule has 18 heavy (non-hydrogen) atoms. The lowest BCUT2D eigenvalue weighted by atomic mass is 10.2. The molecule has 0 radical (unpaired) electrons. The van der Waals surface area contributed by atoms with Crippen LogP contribution in [0, 0.1) is 0 Å². The standard InChI is InChI=1S/C11H16ClN3O.C2H6/c12-10-7-9(1-6-16)8-14-11(10)15-4-2-13-3-5-15;1-2/h7-8,13,16H,1-6H2;1-2H3. The van der Waals surface area contributed by atoms with Crippen molar-refractivity contribution in [1.29, 1.82) is 0 Å². The average Bonchev–Trinajstić information content (AvgIpc) is 2.42. The van der Waals surface area contributed by atoms with Crippen LogP contribution >= 0.6 is 11.6 Å². The normalized spacial score (nSPS) is 15.0. The Balaban J connectivity index is 0.000000771. The van der Waals surface area contributed by atoms with Crippen LogP contribution in [0.3, 0.4) is 0 Å². The Hall–Kier alpha value is -0.840. The number of anilines is 1. The molecule has 1 aromatic heterocycles. The maximum absolute atomic E-state index is 8.84. The van der Waals surface area contributed by atoms with Gasteiger partial charge in [-0.2, -0.15) is 0 Å². The van der Waals surface area contributed by atoms with Gasteiger partial charge in [-0.05, 0) is 18.1 Å². The summed E-state index contributed by atoms with van der Waals surface area (Å²) in [6, 6.07) is 1.89. The number of nitrogens with zero attached hydrogens (tertiary/aromatic N) is 2. The summed E-state index contributed by atoms with van der Waals surface area (Å²) >= 11 is 6.19. The molecule has 2 rings (SSSR count). The minimum absolute atomic E-state index is 0.130. The Kier molecular flexibility index (Phi) is 7.01. The molecule has 0 unspecified atom stereocenters. The Labute approximate surface area is 114 Å². The van der Waals surface area contributed by atoms with Crippen molar-refractivity contribution in [2.45, 2.75) is 20.3 Å². The summed E-state index contributed by atoms with van der Waals surface area (Å²) in [5, 5.41) is 12.8. The number of nitrogens with one attached hydrogen (secondary N) is 1. The Morgan fingerprint density at radius 2 is 2.06 bits per heavy atom. The van der Waals surface area contributed by atoms with E-state index in [0.29, 0.717) is 11.4 Å². The minimum Gasteiger partial charge on any atom is -0.396 e. The monoisotopic (exact) mass is 271 g/mol. The van der Waals surface area contributed by atoms with Gasteiger partial charge in [0.15, 0.2) is 0 Å². The fourth-order valence-corrected chi connectivity index (χ4v) is 2.15. The number of aromatic nitrogens is 1. The SMILES string of the molecule is CC.OCCc1cnc(N2CCNCC2)c(Cl)c1. The van der Waals surface area contributed by atoms with Gasteiger partial charge >= 0.3 is 0 Å². The molecule has 0 bridgehead atoms. The van der Waals surface area contributed by atoms with Crippen molar-refractivity contribution in [2.75, 3.05) is 37.7 Å². The van der Waals surface area contributed by atoms with Gasteiger partial charge < -0.3 is 15.3 Å². The number of aliphatic hydroxyl groups is 1. The topological polar surface area (TPSA) is 48.4 Å². The molecule has 4 nitrogen and oxygen atoms in total. The lowest BCUT2D eigenvalue weighted by Crippen LogP contribution is -2.44. The van der Waals surface area contributed by atoms with E-state index in [-0.39, 0.29) is 6.61 Å². The molecule has 0 spiro atoms. The van der Waals surface area contributed by atoms with Gasteiger partial charge in [-0.25, -0.2) is 4.98 Å². The number of piperazine rings is 1. The summed E-state index contributed by atoms with van der Waals surface area (Å²) in [5.74, 6) is 0.852. The highest BCUT2D eigenvalue weighted by Gasteiger charge is 2.14. The third kappa shape index (κ3) is 4.12. The summed E-state index contributed by atoms with van der Waals surface area (Å²) in [4.78, 5) is 6.56. The van der Waals surface area contributed by atoms with Gasteiger partial charge in [0.25, 0.3) is 0 Å². The number of rotatable bonds is 3. The highest BCUT2D eigenvalue weighted by atomic mass is 35.5. The first-order chi connectivity index (χ1) is 8.81. The van der Waals surface area contributed by atoms with E-state index in [0.717, 1.165) is 37.6 Å². The Morgan fingerprint density at radius 1 is 1.39 bits per heavy atom. The van der Waals surface area contributed by atoms with Gasteiger partial charge in [-0.1, -0.05) is 25.4 Å². The predicted molar refractivity (Wildman–Crippen MR) is 76.5 cm³/mol.